The molecular formula is C22H15BrCl2N4OS. The third-order valence-corrected chi connectivity index (χ3v) is 5.71. The highest BCUT2D eigenvalue weighted by molar-refractivity contribution is 9.10. The normalized spacial score (nSPS) is 11.2. The maximum atomic E-state index is 6.26. The van der Waals surface area contributed by atoms with Crippen LogP contribution in [0.4, 0.5) is 0 Å². The molecule has 0 radical (unpaired) electrons. The Hall–Kier alpha value is -2.45. The van der Waals surface area contributed by atoms with Crippen LogP contribution in [0.15, 0.2) is 76.3 Å². The van der Waals surface area contributed by atoms with Gasteiger partial charge in [-0.15, -0.1) is 0 Å². The van der Waals surface area contributed by atoms with Crippen LogP contribution < -0.4 is 4.74 Å². The van der Waals surface area contributed by atoms with Gasteiger partial charge in [-0.2, -0.15) is 14.9 Å². The second-order valence-electron chi connectivity index (χ2n) is 6.48. The number of nitrogens with one attached hydrogen (secondary N) is 1. The van der Waals surface area contributed by atoms with Gasteiger partial charge < -0.3 is 4.74 Å². The number of H-pyrrole nitrogens is 1. The molecule has 1 aromatic heterocycles. The first-order chi connectivity index (χ1) is 15.0. The summed E-state index contributed by atoms with van der Waals surface area (Å²) in [6, 6.07) is 20.7. The van der Waals surface area contributed by atoms with Gasteiger partial charge in [0.05, 0.1) is 6.21 Å². The number of rotatable bonds is 6. The van der Waals surface area contributed by atoms with Crippen molar-refractivity contribution in [1.82, 2.24) is 14.9 Å². The molecule has 0 spiro atoms. The molecule has 0 atom stereocenters. The Kier molecular flexibility index (Phi) is 6.87. The highest BCUT2D eigenvalue weighted by atomic mass is 79.9. The van der Waals surface area contributed by atoms with Crippen LogP contribution in [0.5, 0.6) is 5.75 Å². The van der Waals surface area contributed by atoms with Crippen LogP contribution in [-0.4, -0.2) is 21.1 Å². The van der Waals surface area contributed by atoms with Gasteiger partial charge >= 0.3 is 0 Å². The van der Waals surface area contributed by atoms with Crippen molar-refractivity contribution in [3.05, 3.63) is 97.1 Å². The van der Waals surface area contributed by atoms with E-state index in [1.54, 1.807) is 23.0 Å². The molecule has 4 rings (SSSR count). The first-order valence-electron chi connectivity index (χ1n) is 9.15. The fourth-order valence-electron chi connectivity index (χ4n) is 2.84. The monoisotopic (exact) mass is 532 g/mol. The van der Waals surface area contributed by atoms with E-state index in [1.165, 1.54) is 0 Å². The standard InChI is InChI=1S/C22H15BrCl2N4OS/c23-17-7-9-20(30-13-15-6-8-18(24)11-19(15)25)16(10-17)12-26-29-21(27-28-22(29)31)14-4-2-1-3-5-14/h1-12H,13H2,(H,28,31)/b26-12-. The Morgan fingerprint density at radius 3 is 2.68 bits per heavy atom. The van der Waals surface area contributed by atoms with Crippen molar-refractivity contribution in [1.29, 1.82) is 0 Å². The van der Waals surface area contributed by atoms with Crippen LogP contribution in [0.1, 0.15) is 11.1 Å². The van der Waals surface area contributed by atoms with Crippen molar-refractivity contribution in [2.24, 2.45) is 5.10 Å². The van der Waals surface area contributed by atoms with Crippen molar-refractivity contribution in [3.63, 3.8) is 0 Å². The topological polar surface area (TPSA) is 55.2 Å². The quantitative estimate of drug-likeness (QED) is 0.212. The minimum absolute atomic E-state index is 0.291. The van der Waals surface area contributed by atoms with Gasteiger partial charge in [0.2, 0.25) is 4.77 Å². The first kappa shape index (κ1) is 21.8. The fourth-order valence-corrected chi connectivity index (χ4v) is 3.86. The van der Waals surface area contributed by atoms with Crippen molar-refractivity contribution in [2.75, 3.05) is 0 Å². The Morgan fingerprint density at radius 1 is 1.10 bits per heavy atom. The Labute approximate surface area is 202 Å². The molecule has 0 unspecified atom stereocenters. The summed E-state index contributed by atoms with van der Waals surface area (Å²) in [5.41, 5.74) is 2.50. The highest BCUT2D eigenvalue weighted by Gasteiger charge is 2.09. The van der Waals surface area contributed by atoms with Gasteiger partial charge in [-0.3, -0.25) is 0 Å². The zero-order chi connectivity index (χ0) is 21.8. The van der Waals surface area contributed by atoms with E-state index in [0.29, 0.717) is 33.0 Å². The second kappa shape index (κ2) is 9.78. The molecule has 3 aromatic carbocycles. The predicted octanol–water partition coefficient (Wildman–Crippen LogP) is 7.14. The smallest absolute Gasteiger partial charge is 0.216 e. The van der Waals surface area contributed by atoms with E-state index in [0.717, 1.165) is 21.2 Å². The highest BCUT2D eigenvalue weighted by Crippen LogP contribution is 2.26. The van der Waals surface area contributed by atoms with E-state index < -0.39 is 0 Å². The zero-order valence-corrected chi connectivity index (χ0v) is 19.8. The van der Waals surface area contributed by atoms with E-state index in [9.17, 15) is 0 Å². The van der Waals surface area contributed by atoms with Gasteiger partial charge in [-0.25, -0.2) is 5.10 Å². The molecule has 0 saturated carbocycles. The van der Waals surface area contributed by atoms with Crippen LogP contribution in [0, 0.1) is 4.77 Å². The third kappa shape index (κ3) is 5.25. The molecule has 5 nitrogen and oxygen atoms in total. The molecule has 0 aliphatic heterocycles. The van der Waals surface area contributed by atoms with Gasteiger partial charge in [0.15, 0.2) is 5.82 Å². The molecule has 0 bridgehead atoms. The van der Waals surface area contributed by atoms with E-state index >= 15 is 0 Å². The van der Waals surface area contributed by atoms with E-state index in [2.05, 4.69) is 31.2 Å². The molecule has 1 heterocycles. The van der Waals surface area contributed by atoms with E-state index in [1.807, 2.05) is 54.6 Å². The van der Waals surface area contributed by atoms with Gasteiger partial charge in [-0.05, 0) is 42.5 Å². The summed E-state index contributed by atoms with van der Waals surface area (Å²) in [5, 5.41) is 12.8. The van der Waals surface area contributed by atoms with Crippen LogP contribution in [0.3, 0.4) is 0 Å². The zero-order valence-electron chi connectivity index (χ0n) is 15.9. The van der Waals surface area contributed by atoms with Crippen molar-refractivity contribution in [2.45, 2.75) is 6.61 Å². The third-order valence-electron chi connectivity index (χ3n) is 4.36. The van der Waals surface area contributed by atoms with Crippen LogP contribution >= 0.6 is 51.3 Å². The molecule has 9 heteroatoms. The first-order valence-corrected chi connectivity index (χ1v) is 11.1. The lowest BCUT2D eigenvalue weighted by Gasteiger charge is -2.11. The summed E-state index contributed by atoms with van der Waals surface area (Å²) in [6.07, 6.45) is 1.68. The second-order valence-corrected chi connectivity index (χ2v) is 8.63. The summed E-state index contributed by atoms with van der Waals surface area (Å²) in [4.78, 5) is 0. The minimum Gasteiger partial charge on any atom is -0.488 e. The fraction of sp³-hybridized carbons (Fsp3) is 0.0455. The maximum absolute atomic E-state index is 6.26. The lowest BCUT2D eigenvalue weighted by Crippen LogP contribution is -2.00. The molecule has 4 aromatic rings. The molecule has 0 saturated heterocycles. The minimum atomic E-state index is 0.291. The molecule has 0 aliphatic carbocycles. The van der Waals surface area contributed by atoms with Crippen molar-refractivity contribution >= 4 is 57.6 Å². The van der Waals surface area contributed by atoms with E-state index in [-0.39, 0.29) is 0 Å². The number of hydrogen-bond donors (Lipinski definition) is 1. The van der Waals surface area contributed by atoms with Crippen molar-refractivity contribution in [3.8, 4) is 17.1 Å². The number of hydrogen-bond acceptors (Lipinski definition) is 4. The number of aromatic amines is 1. The van der Waals surface area contributed by atoms with E-state index in [4.69, 9.17) is 40.2 Å². The number of aromatic nitrogens is 3. The molecule has 156 valence electrons. The average molecular weight is 534 g/mol. The summed E-state index contributed by atoms with van der Waals surface area (Å²) in [6.45, 7) is 0.291. The molecule has 0 aliphatic rings. The summed E-state index contributed by atoms with van der Waals surface area (Å²) in [7, 11) is 0. The number of ether oxygens (including phenoxy) is 1. The number of benzene rings is 3. The summed E-state index contributed by atoms with van der Waals surface area (Å²) >= 11 is 21.1. The number of nitrogens with zero attached hydrogens (tertiary/aromatic N) is 3. The Morgan fingerprint density at radius 2 is 1.90 bits per heavy atom. The summed E-state index contributed by atoms with van der Waals surface area (Å²) in [5.74, 6) is 1.27. The Bertz CT molecular complexity index is 1300. The molecule has 0 amide bonds. The molecule has 1 N–H and O–H groups in total. The molecule has 0 fully saturated rings. The maximum Gasteiger partial charge on any atom is 0.216 e. The van der Waals surface area contributed by atoms with Gasteiger partial charge in [0, 0.05) is 31.2 Å². The SMILES string of the molecule is S=c1[nH]nc(-c2ccccc2)n1/N=C\c1cc(Br)ccc1OCc1ccc(Cl)cc1Cl. The molecular weight excluding hydrogens is 519 g/mol. The van der Waals surface area contributed by atoms with Crippen LogP contribution in [-0.2, 0) is 6.61 Å². The average Bonchev–Trinajstić information content (AvgIpc) is 3.13. The van der Waals surface area contributed by atoms with Crippen molar-refractivity contribution < 1.29 is 4.74 Å². The van der Waals surface area contributed by atoms with Crippen LogP contribution in [0.2, 0.25) is 10.0 Å². The van der Waals surface area contributed by atoms with Crippen LogP contribution in [0.25, 0.3) is 11.4 Å². The number of halogens is 3. The largest absolute Gasteiger partial charge is 0.488 e. The van der Waals surface area contributed by atoms with Gasteiger partial charge in [0.1, 0.15) is 12.4 Å². The predicted molar refractivity (Wildman–Crippen MR) is 131 cm³/mol. The lowest BCUT2D eigenvalue weighted by atomic mass is 10.2. The summed E-state index contributed by atoms with van der Waals surface area (Å²) < 4.78 is 8.87. The lowest BCUT2D eigenvalue weighted by molar-refractivity contribution is 0.306. The van der Waals surface area contributed by atoms with Gasteiger partial charge in [-0.1, -0.05) is 75.5 Å². The Balaban J connectivity index is 1.62. The molecule has 31 heavy (non-hydrogen) atoms. The van der Waals surface area contributed by atoms with Gasteiger partial charge in [0.25, 0.3) is 0 Å².